The molecule has 2 saturated carbocycles. The van der Waals surface area contributed by atoms with E-state index in [4.69, 9.17) is 27.9 Å². The Balaban J connectivity index is 1.44. The molecule has 1 N–H and O–H groups in total. The fourth-order valence-electron chi connectivity index (χ4n) is 3.84. The highest BCUT2D eigenvalue weighted by atomic mass is 35.5. The summed E-state index contributed by atoms with van der Waals surface area (Å²) < 4.78 is 5.09. The normalized spacial score (nSPS) is 25.4. The molecule has 2 aliphatic rings. The Hall–Kier alpha value is -1.26. The van der Waals surface area contributed by atoms with Crippen LogP contribution in [0.2, 0.25) is 10.0 Å². The second-order valence-electron chi connectivity index (χ2n) is 6.44. The van der Waals surface area contributed by atoms with Crippen molar-refractivity contribution in [2.24, 2.45) is 17.8 Å². The van der Waals surface area contributed by atoms with Gasteiger partial charge in [-0.05, 0) is 49.1 Å². The van der Waals surface area contributed by atoms with Crippen molar-refractivity contribution < 1.29 is 14.3 Å². The number of hydrogen-bond acceptors (Lipinski definition) is 3. The van der Waals surface area contributed by atoms with E-state index in [0.717, 1.165) is 12.3 Å². The number of fused-ring (bicyclic) bond motifs is 2. The maximum absolute atomic E-state index is 11.9. The standard InChI is InChI=1S/C17H19Cl2NO3/c18-13-2-1-3-14(19)17(13)20-15(21)9-23-16(22)8-12-7-10-4-5-11(12)6-10/h1-3,10-12H,4-9H2,(H,20,21)/t10-,11-,12+/m0/s1. The monoisotopic (exact) mass is 355 g/mol. The lowest BCUT2D eigenvalue weighted by atomic mass is 9.86. The molecule has 0 unspecified atom stereocenters. The van der Waals surface area contributed by atoms with Crippen LogP contribution in [-0.4, -0.2) is 18.5 Å². The van der Waals surface area contributed by atoms with Gasteiger partial charge in [0, 0.05) is 6.42 Å². The Morgan fingerprint density at radius 3 is 2.52 bits per heavy atom. The summed E-state index contributed by atoms with van der Waals surface area (Å²) in [5.41, 5.74) is 0.338. The molecule has 6 heteroatoms. The van der Waals surface area contributed by atoms with E-state index in [2.05, 4.69) is 5.32 Å². The van der Waals surface area contributed by atoms with Gasteiger partial charge in [0.15, 0.2) is 6.61 Å². The van der Waals surface area contributed by atoms with Gasteiger partial charge in [-0.15, -0.1) is 0 Å². The maximum Gasteiger partial charge on any atom is 0.306 e. The van der Waals surface area contributed by atoms with Crippen LogP contribution in [-0.2, 0) is 14.3 Å². The molecule has 0 saturated heterocycles. The average Bonchev–Trinajstić information content (AvgIpc) is 3.12. The molecular weight excluding hydrogens is 337 g/mol. The van der Waals surface area contributed by atoms with E-state index in [0.29, 0.717) is 34.0 Å². The second kappa shape index (κ2) is 7.10. The van der Waals surface area contributed by atoms with Crippen molar-refractivity contribution in [1.29, 1.82) is 0 Å². The molecule has 0 spiro atoms. The molecule has 2 bridgehead atoms. The van der Waals surface area contributed by atoms with E-state index < -0.39 is 5.91 Å². The molecule has 124 valence electrons. The van der Waals surface area contributed by atoms with Gasteiger partial charge < -0.3 is 10.1 Å². The molecule has 1 aromatic carbocycles. The summed E-state index contributed by atoms with van der Waals surface area (Å²) in [6.45, 7) is -0.318. The summed E-state index contributed by atoms with van der Waals surface area (Å²) in [5, 5.41) is 3.27. The number of rotatable bonds is 5. The predicted molar refractivity (Wildman–Crippen MR) is 89.6 cm³/mol. The van der Waals surface area contributed by atoms with Gasteiger partial charge in [0.25, 0.3) is 5.91 Å². The van der Waals surface area contributed by atoms with Gasteiger partial charge in [0.2, 0.25) is 0 Å². The fourth-order valence-corrected chi connectivity index (χ4v) is 4.33. The summed E-state index contributed by atoms with van der Waals surface area (Å²) in [6, 6.07) is 4.95. The van der Waals surface area contributed by atoms with Gasteiger partial charge in [0.1, 0.15) is 0 Å². The molecule has 23 heavy (non-hydrogen) atoms. The van der Waals surface area contributed by atoms with Crippen LogP contribution >= 0.6 is 23.2 Å². The summed E-state index contributed by atoms with van der Waals surface area (Å²) in [6.07, 6.45) is 5.33. The lowest BCUT2D eigenvalue weighted by Crippen LogP contribution is -2.23. The first-order valence-electron chi connectivity index (χ1n) is 7.92. The largest absolute Gasteiger partial charge is 0.456 e. The number of carbonyl (C=O) groups is 2. The van der Waals surface area contributed by atoms with E-state index in [1.165, 1.54) is 19.3 Å². The first kappa shape index (κ1) is 16.6. The zero-order valence-electron chi connectivity index (χ0n) is 12.7. The number of hydrogen-bond donors (Lipinski definition) is 1. The predicted octanol–water partition coefficient (Wildman–Crippen LogP) is 4.30. The third-order valence-corrected chi connectivity index (χ3v) is 5.53. The Kier molecular flexibility index (Phi) is 5.12. The molecule has 0 aromatic heterocycles. The minimum absolute atomic E-state index is 0.303. The average molecular weight is 356 g/mol. The van der Waals surface area contributed by atoms with Crippen LogP contribution in [0.5, 0.6) is 0 Å². The van der Waals surface area contributed by atoms with Gasteiger partial charge in [-0.25, -0.2) is 0 Å². The third-order valence-electron chi connectivity index (χ3n) is 4.90. The molecule has 2 fully saturated rings. The highest BCUT2D eigenvalue weighted by molar-refractivity contribution is 6.39. The Morgan fingerprint density at radius 1 is 1.17 bits per heavy atom. The molecule has 4 nitrogen and oxygen atoms in total. The molecule has 1 aromatic rings. The van der Waals surface area contributed by atoms with Crippen LogP contribution < -0.4 is 5.32 Å². The number of carbonyl (C=O) groups excluding carboxylic acids is 2. The van der Waals surface area contributed by atoms with E-state index in [-0.39, 0.29) is 12.6 Å². The van der Waals surface area contributed by atoms with Gasteiger partial charge in [-0.2, -0.15) is 0 Å². The zero-order valence-corrected chi connectivity index (χ0v) is 14.2. The van der Waals surface area contributed by atoms with Crippen LogP contribution in [0.1, 0.15) is 32.1 Å². The molecule has 0 aliphatic heterocycles. The number of amides is 1. The van der Waals surface area contributed by atoms with Crippen molar-refractivity contribution in [3.05, 3.63) is 28.2 Å². The quantitative estimate of drug-likeness (QED) is 0.801. The maximum atomic E-state index is 11.9. The van der Waals surface area contributed by atoms with Crippen LogP contribution in [0.25, 0.3) is 0 Å². The molecule has 3 rings (SSSR count). The lowest BCUT2D eigenvalue weighted by molar-refractivity contribution is -0.148. The van der Waals surface area contributed by atoms with Crippen LogP contribution in [0.3, 0.4) is 0 Å². The first-order valence-corrected chi connectivity index (χ1v) is 8.68. The summed E-state index contributed by atoms with van der Waals surface area (Å²) in [4.78, 5) is 23.8. The van der Waals surface area contributed by atoms with Crippen LogP contribution in [0.4, 0.5) is 5.69 Å². The molecule has 1 amide bonds. The number of anilines is 1. The number of para-hydroxylation sites is 1. The SMILES string of the molecule is O=C(COC(=O)C[C@H]1C[C@H]2CC[C@H]1C2)Nc1c(Cl)cccc1Cl. The molecule has 2 aliphatic carbocycles. The smallest absolute Gasteiger partial charge is 0.306 e. The van der Waals surface area contributed by atoms with Crippen LogP contribution in [0.15, 0.2) is 18.2 Å². The van der Waals surface area contributed by atoms with E-state index >= 15 is 0 Å². The summed E-state index contributed by atoms with van der Waals surface area (Å²) in [7, 11) is 0. The second-order valence-corrected chi connectivity index (χ2v) is 7.26. The molecule has 3 atom stereocenters. The Morgan fingerprint density at radius 2 is 1.91 bits per heavy atom. The minimum atomic E-state index is -0.443. The van der Waals surface area contributed by atoms with E-state index in [9.17, 15) is 9.59 Å². The summed E-state index contributed by atoms with van der Waals surface area (Å²) >= 11 is 12.0. The van der Waals surface area contributed by atoms with E-state index in [1.807, 2.05) is 0 Å². The van der Waals surface area contributed by atoms with Gasteiger partial charge in [-0.3, -0.25) is 9.59 Å². The van der Waals surface area contributed by atoms with Crippen LogP contribution in [0, 0.1) is 17.8 Å². The zero-order chi connectivity index (χ0) is 16.4. The number of nitrogens with one attached hydrogen (secondary N) is 1. The molecular formula is C17H19Cl2NO3. The van der Waals surface area contributed by atoms with Crippen molar-refractivity contribution >= 4 is 40.8 Å². The number of esters is 1. The highest BCUT2D eigenvalue weighted by Gasteiger charge is 2.40. The summed E-state index contributed by atoms with van der Waals surface area (Å²) in [5.74, 6) is 1.15. The number of halogens is 2. The van der Waals surface area contributed by atoms with E-state index in [1.54, 1.807) is 18.2 Å². The minimum Gasteiger partial charge on any atom is -0.456 e. The van der Waals surface area contributed by atoms with Crippen molar-refractivity contribution in [3.63, 3.8) is 0 Å². The van der Waals surface area contributed by atoms with Crippen molar-refractivity contribution in [1.82, 2.24) is 0 Å². The van der Waals surface area contributed by atoms with Gasteiger partial charge in [0.05, 0.1) is 15.7 Å². The highest BCUT2D eigenvalue weighted by Crippen LogP contribution is 2.49. The van der Waals surface area contributed by atoms with Crippen molar-refractivity contribution in [3.8, 4) is 0 Å². The van der Waals surface area contributed by atoms with Crippen molar-refractivity contribution in [2.75, 3.05) is 11.9 Å². The first-order chi connectivity index (χ1) is 11.0. The third kappa shape index (κ3) is 3.99. The molecule has 0 heterocycles. The topological polar surface area (TPSA) is 55.4 Å². The van der Waals surface area contributed by atoms with Gasteiger partial charge in [-0.1, -0.05) is 35.7 Å². The van der Waals surface area contributed by atoms with Gasteiger partial charge >= 0.3 is 5.97 Å². The molecule has 0 radical (unpaired) electrons. The fraction of sp³-hybridized carbons (Fsp3) is 0.529. The lowest BCUT2D eigenvalue weighted by Gasteiger charge is -2.20. The van der Waals surface area contributed by atoms with Crippen molar-refractivity contribution in [2.45, 2.75) is 32.1 Å². The Labute approximate surface area is 145 Å². The number of ether oxygens (including phenoxy) is 1. The Bertz CT molecular complexity index is 600. The number of benzene rings is 1.